The van der Waals surface area contributed by atoms with Crippen LogP contribution in [-0.2, 0) is 20.8 Å². The monoisotopic (exact) mass is 305 g/mol. The smallest absolute Gasteiger partial charge is 0.171 e. The Labute approximate surface area is 133 Å². The Morgan fingerprint density at radius 1 is 1.18 bits per heavy atom. The molecule has 1 spiro atoms. The second kappa shape index (κ2) is 7.55. The van der Waals surface area contributed by atoms with E-state index in [9.17, 15) is 0 Å². The summed E-state index contributed by atoms with van der Waals surface area (Å²) in [5.41, 5.74) is 1.22. The van der Waals surface area contributed by atoms with Gasteiger partial charge in [0, 0.05) is 31.5 Å². The first-order valence-electron chi connectivity index (χ1n) is 8.41. The van der Waals surface area contributed by atoms with Gasteiger partial charge in [0.1, 0.15) is 0 Å². The van der Waals surface area contributed by atoms with Crippen molar-refractivity contribution in [3.05, 3.63) is 35.9 Å². The van der Waals surface area contributed by atoms with Crippen molar-refractivity contribution in [1.82, 2.24) is 5.32 Å². The van der Waals surface area contributed by atoms with Crippen LogP contribution < -0.4 is 5.32 Å². The van der Waals surface area contributed by atoms with Crippen molar-refractivity contribution in [3.8, 4) is 0 Å². The Kier molecular flexibility index (Phi) is 5.47. The van der Waals surface area contributed by atoms with E-state index >= 15 is 0 Å². The van der Waals surface area contributed by atoms with Gasteiger partial charge >= 0.3 is 0 Å². The highest BCUT2D eigenvalue weighted by atomic mass is 16.7. The molecule has 0 radical (unpaired) electrons. The normalized spacial score (nSPS) is 27.9. The van der Waals surface area contributed by atoms with Gasteiger partial charge in [-0.2, -0.15) is 0 Å². The molecule has 2 aliphatic heterocycles. The highest BCUT2D eigenvalue weighted by Crippen LogP contribution is 2.33. The Bertz CT molecular complexity index is 445. The molecular weight excluding hydrogens is 278 g/mol. The molecule has 2 heterocycles. The quantitative estimate of drug-likeness (QED) is 0.849. The molecule has 122 valence electrons. The second-order valence-corrected chi connectivity index (χ2v) is 6.46. The van der Waals surface area contributed by atoms with Gasteiger partial charge in [0.15, 0.2) is 5.79 Å². The van der Waals surface area contributed by atoms with Crippen LogP contribution in [0.25, 0.3) is 0 Å². The van der Waals surface area contributed by atoms with E-state index in [0.29, 0.717) is 18.7 Å². The molecule has 0 bridgehead atoms. The van der Waals surface area contributed by atoms with Gasteiger partial charge in [-0.1, -0.05) is 30.3 Å². The Morgan fingerprint density at radius 3 is 2.73 bits per heavy atom. The lowest BCUT2D eigenvalue weighted by Gasteiger charge is -2.45. The van der Waals surface area contributed by atoms with Crippen LogP contribution in [-0.4, -0.2) is 37.7 Å². The first-order chi connectivity index (χ1) is 10.8. The summed E-state index contributed by atoms with van der Waals surface area (Å²) < 4.78 is 17.8. The van der Waals surface area contributed by atoms with E-state index in [2.05, 4.69) is 24.4 Å². The number of piperidine rings is 1. The third-order valence-electron chi connectivity index (χ3n) is 4.44. The SMILES string of the molecule is C[C@@H]1CC2(C[C@H](CCOCc3ccccc3)N1)OCCCO2. The second-order valence-electron chi connectivity index (χ2n) is 6.46. The molecular formula is C18H27NO3. The maximum atomic E-state index is 5.98. The Balaban J connectivity index is 1.43. The van der Waals surface area contributed by atoms with E-state index in [1.165, 1.54) is 5.56 Å². The van der Waals surface area contributed by atoms with E-state index in [1.807, 2.05) is 18.2 Å². The molecule has 0 aromatic heterocycles. The number of rotatable bonds is 5. The summed E-state index contributed by atoms with van der Waals surface area (Å²) in [6, 6.07) is 11.1. The molecule has 1 aromatic carbocycles. The fourth-order valence-electron chi connectivity index (χ4n) is 3.47. The third-order valence-corrected chi connectivity index (χ3v) is 4.44. The van der Waals surface area contributed by atoms with Crippen LogP contribution in [0.4, 0.5) is 0 Å². The van der Waals surface area contributed by atoms with Gasteiger partial charge < -0.3 is 19.5 Å². The van der Waals surface area contributed by atoms with Crippen molar-refractivity contribution in [1.29, 1.82) is 0 Å². The van der Waals surface area contributed by atoms with Crippen LogP contribution in [0.15, 0.2) is 30.3 Å². The molecule has 0 saturated carbocycles. The summed E-state index contributed by atoms with van der Waals surface area (Å²) in [6.45, 7) is 5.30. The standard InChI is InChI=1S/C18H27NO3/c1-15-12-18(21-9-5-10-22-18)13-17(19-15)8-11-20-14-16-6-3-2-4-7-16/h2-4,6-7,15,17,19H,5,8-14H2,1H3/t15-,17+/m1/s1. The van der Waals surface area contributed by atoms with E-state index < -0.39 is 0 Å². The van der Waals surface area contributed by atoms with Crippen LogP contribution >= 0.6 is 0 Å². The molecule has 2 fully saturated rings. The number of hydrogen-bond acceptors (Lipinski definition) is 4. The third kappa shape index (κ3) is 4.29. The summed E-state index contributed by atoms with van der Waals surface area (Å²) in [7, 11) is 0. The molecule has 3 rings (SSSR count). The largest absolute Gasteiger partial charge is 0.377 e. The highest BCUT2D eigenvalue weighted by molar-refractivity contribution is 5.13. The molecule has 2 atom stereocenters. The molecule has 0 aliphatic carbocycles. The molecule has 4 nitrogen and oxygen atoms in total. The fraction of sp³-hybridized carbons (Fsp3) is 0.667. The highest BCUT2D eigenvalue weighted by Gasteiger charge is 2.42. The molecule has 2 saturated heterocycles. The lowest BCUT2D eigenvalue weighted by atomic mass is 9.91. The maximum Gasteiger partial charge on any atom is 0.171 e. The minimum Gasteiger partial charge on any atom is -0.377 e. The van der Waals surface area contributed by atoms with Gasteiger partial charge in [-0.05, 0) is 25.3 Å². The summed E-state index contributed by atoms with van der Waals surface area (Å²) in [5.74, 6) is -0.354. The minimum absolute atomic E-state index is 0.354. The lowest BCUT2D eigenvalue weighted by molar-refractivity contribution is -0.286. The predicted octanol–water partition coefficient (Wildman–Crippen LogP) is 2.87. The number of hydrogen-bond donors (Lipinski definition) is 1. The molecule has 22 heavy (non-hydrogen) atoms. The zero-order chi connectivity index (χ0) is 15.3. The van der Waals surface area contributed by atoms with Gasteiger partial charge in [-0.3, -0.25) is 0 Å². The first kappa shape index (κ1) is 15.9. The van der Waals surface area contributed by atoms with Crippen molar-refractivity contribution >= 4 is 0 Å². The molecule has 1 N–H and O–H groups in total. The summed E-state index contributed by atoms with van der Waals surface area (Å²) in [4.78, 5) is 0. The van der Waals surface area contributed by atoms with E-state index in [0.717, 1.165) is 45.5 Å². The van der Waals surface area contributed by atoms with Crippen LogP contribution in [0.3, 0.4) is 0 Å². The maximum absolute atomic E-state index is 5.98. The van der Waals surface area contributed by atoms with Crippen molar-refractivity contribution in [3.63, 3.8) is 0 Å². The fourth-order valence-corrected chi connectivity index (χ4v) is 3.47. The molecule has 0 unspecified atom stereocenters. The zero-order valence-electron chi connectivity index (χ0n) is 13.4. The zero-order valence-corrected chi connectivity index (χ0v) is 13.4. The summed E-state index contributed by atoms with van der Waals surface area (Å²) in [6.07, 6.45) is 3.86. The van der Waals surface area contributed by atoms with Gasteiger partial charge in [0.05, 0.1) is 19.8 Å². The van der Waals surface area contributed by atoms with Crippen LogP contribution in [0.5, 0.6) is 0 Å². The van der Waals surface area contributed by atoms with Crippen LogP contribution in [0.1, 0.15) is 38.2 Å². The van der Waals surface area contributed by atoms with Crippen LogP contribution in [0.2, 0.25) is 0 Å². The number of nitrogens with one attached hydrogen (secondary N) is 1. The summed E-state index contributed by atoms with van der Waals surface area (Å²) in [5, 5.41) is 3.65. The van der Waals surface area contributed by atoms with Crippen molar-refractivity contribution in [2.45, 2.75) is 57.1 Å². The van der Waals surface area contributed by atoms with E-state index in [-0.39, 0.29) is 5.79 Å². The average Bonchev–Trinajstić information content (AvgIpc) is 2.53. The van der Waals surface area contributed by atoms with E-state index in [1.54, 1.807) is 0 Å². The van der Waals surface area contributed by atoms with Gasteiger partial charge in [-0.25, -0.2) is 0 Å². The molecule has 1 aromatic rings. The first-order valence-corrected chi connectivity index (χ1v) is 8.41. The van der Waals surface area contributed by atoms with Crippen molar-refractivity contribution in [2.75, 3.05) is 19.8 Å². The number of benzene rings is 1. The molecule has 4 heteroatoms. The predicted molar refractivity (Wildman–Crippen MR) is 85.6 cm³/mol. The van der Waals surface area contributed by atoms with Crippen LogP contribution in [0, 0.1) is 0 Å². The van der Waals surface area contributed by atoms with Crippen molar-refractivity contribution in [2.24, 2.45) is 0 Å². The average molecular weight is 305 g/mol. The minimum atomic E-state index is -0.354. The Morgan fingerprint density at radius 2 is 1.95 bits per heavy atom. The number of ether oxygens (including phenoxy) is 3. The van der Waals surface area contributed by atoms with Crippen molar-refractivity contribution < 1.29 is 14.2 Å². The molecule has 0 amide bonds. The van der Waals surface area contributed by atoms with Gasteiger partial charge in [-0.15, -0.1) is 0 Å². The molecule has 2 aliphatic rings. The topological polar surface area (TPSA) is 39.7 Å². The summed E-state index contributed by atoms with van der Waals surface area (Å²) >= 11 is 0. The van der Waals surface area contributed by atoms with Gasteiger partial charge in [0.25, 0.3) is 0 Å². The van der Waals surface area contributed by atoms with Gasteiger partial charge in [0.2, 0.25) is 0 Å². The Hall–Kier alpha value is -0.940. The lowest BCUT2D eigenvalue weighted by Crippen LogP contribution is -2.56. The van der Waals surface area contributed by atoms with E-state index in [4.69, 9.17) is 14.2 Å².